The largest absolute Gasteiger partial charge is 0.360 e. The molecular formula is C11H13ClFN. The molecule has 0 bridgehead atoms. The average Bonchev–Trinajstić information content (AvgIpc) is 2.53. The molecule has 0 spiro atoms. The monoisotopic (exact) mass is 213 g/mol. The van der Waals surface area contributed by atoms with Crippen LogP contribution in [0.4, 0.5) is 4.39 Å². The van der Waals surface area contributed by atoms with Crippen molar-refractivity contribution in [3.05, 3.63) is 34.7 Å². The quantitative estimate of drug-likeness (QED) is 0.672. The molecule has 0 saturated heterocycles. The fraction of sp³-hybridized carbons (Fsp3) is 0.273. The van der Waals surface area contributed by atoms with E-state index in [4.69, 9.17) is 11.6 Å². The number of aromatic nitrogens is 1. The summed E-state index contributed by atoms with van der Waals surface area (Å²) in [6.07, 6.45) is 1.66. The minimum absolute atomic E-state index is 0.207. The summed E-state index contributed by atoms with van der Waals surface area (Å²) in [7, 11) is 0. The van der Waals surface area contributed by atoms with Crippen LogP contribution in [0.1, 0.15) is 19.4 Å². The van der Waals surface area contributed by atoms with Gasteiger partial charge in [0.05, 0.1) is 5.02 Å². The van der Waals surface area contributed by atoms with Crippen molar-refractivity contribution in [2.75, 3.05) is 0 Å². The maximum Gasteiger partial charge on any atom is 0.128 e. The summed E-state index contributed by atoms with van der Waals surface area (Å²) in [6.45, 7) is 5.72. The van der Waals surface area contributed by atoms with E-state index in [1.54, 1.807) is 19.2 Å². The summed E-state index contributed by atoms with van der Waals surface area (Å²) in [5.41, 5.74) is 1.35. The van der Waals surface area contributed by atoms with E-state index in [0.29, 0.717) is 10.6 Å². The lowest BCUT2D eigenvalue weighted by Gasteiger charge is -1.95. The minimum atomic E-state index is -0.207. The van der Waals surface area contributed by atoms with Gasteiger partial charge in [-0.05, 0) is 24.6 Å². The van der Waals surface area contributed by atoms with Crippen molar-refractivity contribution in [1.82, 2.24) is 4.98 Å². The highest BCUT2D eigenvalue weighted by molar-refractivity contribution is 6.35. The zero-order chi connectivity index (χ0) is 10.7. The first kappa shape index (κ1) is 11.1. The number of aromatic amines is 1. The first-order valence-corrected chi connectivity index (χ1v) is 4.99. The van der Waals surface area contributed by atoms with E-state index in [2.05, 4.69) is 4.98 Å². The Balaban J connectivity index is 0.000000461. The number of hydrogen-bond acceptors (Lipinski definition) is 0. The molecule has 3 heteroatoms. The van der Waals surface area contributed by atoms with Gasteiger partial charge in [0.1, 0.15) is 5.82 Å². The second kappa shape index (κ2) is 4.47. The molecule has 14 heavy (non-hydrogen) atoms. The van der Waals surface area contributed by atoms with Crippen molar-refractivity contribution < 1.29 is 4.39 Å². The highest BCUT2D eigenvalue weighted by Crippen LogP contribution is 2.25. The maximum absolute atomic E-state index is 13.0. The second-order valence-electron chi connectivity index (χ2n) is 2.78. The molecule has 1 heterocycles. The van der Waals surface area contributed by atoms with Crippen LogP contribution in [0.5, 0.6) is 0 Å². The van der Waals surface area contributed by atoms with E-state index in [1.165, 1.54) is 6.07 Å². The predicted octanol–water partition coefficient (Wildman–Crippen LogP) is 4.30. The molecule has 1 N–H and O–H groups in total. The van der Waals surface area contributed by atoms with Crippen LogP contribution < -0.4 is 0 Å². The molecule has 1 aromatic carbocycles. The van der Waals surface area contributed by atoms with E-state index in [0.717, 1.165) is 10.9 Å². The Morgan fingerprint density at radius 1 is 1.29 bits per heavy atom. The first-order chi connectivity index (χ1) is 6.68. The van der Waals surface area contributed by atoms with Gasteiger partial charge < -0.3 is 4.98 Å². The van der Waals surface area contributed by atoms with Crippen LogP contribution in [0, 0.1) is 12.7 Å². The van der Waals surface area contributed by atoms with Crippen molar-refractivity contribution >= 4 is 22.5 Å². The molecule has 0 aliphatic heterocycles. The average molecular weight is 214 g/mol. The van der Waals surface area contributed by atoms with Gasteiger partial charge in [-0.25, -0.2) is 4.39 Å². The third-order valence-corrected chi connectivity index (χ3v) is 2.22. The number of hydrogen-bond donors (Lipinski definition) is 1. The summed E-state index contributed by atoms with van der Waals surface area (Å²) < 4.78 is 13.0. The SMILES string of the molecule is CC.Cc1cc2c(Cl)c[nH]c2cc1F. The summed E-state index contributed by atoms with van der Waals surface area (Å²) in [5.74, 6) is -0.207. The Bertz CT molecular complexity index is 434. The van der Waals surface area contributed by atoms with Gasteiger partial charge in [0.15, 0.2) is 0 Å². The molecule has 0 atom stereocenters. The summed E-state index contributed by atoms with van der Waals surface area (Å²) in [6, 6.07) is 3.19. The highest BCUT2D eigenvalue weighted by Gasteiger charge is 2.04. The van der Waals surface area contributed by atoms with Crippen LogP contribution in [0.3, 0.4) is 0 Å². The normalized spacial score (nSPS) is 9.79. The van der Waals surface area contributed by atoms with Gasteiger partial charge in [0, 0.05) is 17.1 Å². The smallest absolute Gasteiger partial charge is 0.128 e. The van der Waals surface area contributed by atoms with Crippen LogP contribution in [-0.4, -0.2) is 4.98 Å². The Labute approximate surface area is 87.9 Å². The van der Waals surface area contributed by atoms with E-state index in [-0.39, 0.29) is 5.82 Å². The zero-order valence-corrected chi connectivity index (χ0v) is 9.24. The molecule has 1 aromatic heterocycles. The fourth-order valence-electron chi connectivity index (χ4n) is 1.22. The molecule has 0 aliphatic rings. The number of halogens is 2. The Morgan fingerprint density at radius 3 is 2.57 bits per heavy atom. The Kier molecular flexibility index (Phi) is 3.53. The molecule has 0 unspecified atom stereocenters. The molecule has 76 valence electrons. The Hall–Kier alpha value is -1.02. The van der Waals surface area contributed by atoms with Gasteiger partial charge in [0.25, 0.3) is 0 Å². The summed E-state index contributed by atoms with van der Waals surface area (Å²) >= 11 is 5.84. The molecule has 0 saturated carbocycles. The minimum Gasteiger partial charge on any atom is -0.360 e. The van der Waals surface area contributed by atoms with Crippen LogP contribution >= 0.6 is 11.6 Å². The molecular weight excluding hydrogens is 201 g/mol. The number of aryl methyl sites for hydroxylation is 1. The number of H-pyrrole nitrogens is 1. The van der Waals surface area contributed by atoms with Gasteiger partial charge in [-0.15, -0.1) is 0 Å². The topological polar surface area (TPSA) is 15.8 Å². The lowest BCUT2D eigenvalue weighted by atomic mass is 10.2. The van der Waals surface area contributed by atoms with Crippen molar-refractivity contribution in [3.8, 4) is 0 Å². The van der Waals surface area contributed by atoms with Crippen LogP contribution in [0.25, 0.3) is 10.9 Å². The van der Waals surface area contributed by atoms with E-state index < -0.39 is 0 Å². The third kappa shape index (κ3) is 1.90. The Morgan fingerprint density at radius 2 is 1.93 bits per heavy atom. The highest BCUT2D eigenvalue weighted by atomic mass is 35.5. The number of benzene rings is 1. The van der Waals surface area contributed by atoms with Gasteiger partial charge in [-0.2, -0.15) is 0 Å². The maximum atomic E-state index is 13.0. The van der Waals surface area contributed by atoms with Gasteiger partial charge in [-0.3, -0.25) is 0 Å². The molecule has 0 aliphatic carbocycles. The third-order valence-electron chi connectivity index (χ3n) is 1.91. The lowest BCUT2D eigenvalue weighted by Crippen LogP contribution is -1.80. The van der Waals surface area contributed by atoms with E-state index in [9.17, 15) is 4.39 Å². The standard InChI is InChI=1S/C9H7ClFN.C2H6/c1-5-2-6-7(10)4-12-9(6)3-8(5)11;1-2/h2-4,12H,1H3;1-2H3. The molecule has 1 nitrogen and oxygen atoms in total. The molecule has 0 radical (unpaired) electrons. The van der Waals surface area contributed by atoms with Crippen LogP contribution in [0.2, 0.25) is 5.02 Å². The van der Waals surface area contributed by atoms with Gasteiger partial charge in [-0.1, -0.05) is 25.4 Å². The number of nitrogens with one attached hydrogen (secondary N) is 1. The van der Waals surface area contributed by atoms with Crippen molar-refractivity contribution in [1.29, 1.82) is 0 Å². The summed E-state index contributed by atoms with van der Waals surface area (Å²) in [4.78, 5) is 2.88. The number of fused-ring (bicyclic) bond motifs is 1. The van der Waals surface area contributed by atoms with Crippen molar-refractivity contribution in [2.45, 2.75) is 20.8 Å². The van der Waals surface area contributed by atoms with E-state index in [1.807, 2.05) is 13.8 Å². The first-order valence-electron chi connectivity index (χ1n) is 4.61. The van der Waals surface area contributed by atoms with Crippen molar-refractivity contribution in [3.63, 3.8) is 0 Å². The predicted molar refractivity (Wildman–Crippen MR) is 59.4 cm³/mol. The van der Waals surface area contributed by atoms with Crippen LogP contribution in [-0.2, 0) is 0 Å². The van der Waals surface area contributed by atoms with Crippen LogP contribution in [0.15, 0.2) is 18.3 Å². The molecule has 0 amide bonds. The fourth-order valence-corrected chi connectivity index (χ4v) is 1.43. The molecule has 2 aromatic rings. The number of rotatable bonds is 0. The van der Waals surface area contributed by atoms with Gasteiger partial charge >= 0.3 is 0 Å². The lowest BCUT2D eigenvalue weighted by molar-refractivity contribution is 0.620. The van der Waals surface area contributed by atoms with E-state index >= 15 is 0 Å². The zero-order valence-electron chi connectivity index (χ0n) is 8.49. The van der Waals surface area contributed by atoms with Gasteiger partial charge in [0.2, 0.25) is 0 Å². The molecule has 2 rings (SSSR count). The second-order valence-corrected chi connectivity index (χ2v) is 3.19. The van der Waals surface area contributed by atoms with Crippen molar-refractivity contribution in [2.24, 2.45) is 0 Å². The molecule has 0 fully saturated rings. The summed E-state index contributed by atoms with van der Waals surface area (Å²) in [5, 5.41) is 1.50.